The molecule has 0 radical (unpaired) electrons. The average molecular weight is 458 g/mol. The first-order chi connectivity index (χ1) is 16.0. The number of nitrogens with one attached hydrogen (secondary N) is 1. The quantitative estimate of drug-likeness (QED) is 0.621. The average Bonchev–Trinajstić information content (AvgIpc) is 2.98. The van der Waals surface area contributed by atoms with Gasteiger partial charge >= 0.3 is 0 Å². The highest BCUT2D eigenvalue weighted by Crippen LogP contribution is 2.35. The fraction of sp³-hybridized carbons (Fsp3) is 0.120. The summed E-state index contributed by atoms with van der Waals surface area (Å²) in [5, 5.41) is 7.87. The molecule has 0 aliphatic heterocycles. The van der Waals surface area contributed by atoms with Crippen molar-refractivity contribution in [1.82, 2.24) is 20.1 Å². The van der Waals surface area contributed by atoms with Gasteiger partial charge in [-0.15, -0.1) is 0 Å². The Morgan fingerprint density at radius 1 is 1.15 bits per heavy atom. The van der Waals surface area contributed by atoms with Gasteiger partial charge < -0.3 is 11.1 Å². The van der Waals surface area contributed by atoms with Crippen LogP contribution in [0.5, 0.6) is 0 Å². The summed E-state index contributed by atoms with van der Waals surface area (Å²) in [4.78, 5) is 29.1. The molecule has 5 rings (SSSR count). The predicted molar refractivity (Wildman–Crippen MR) is 126 cm³/mol. The Bertz CT molecular complexity index is 1350. The van der Waals surface area contributed by atoms with Crippen molar-refractivity contribution in [3.05, 3.63) is 106 Å². The molecule has 7 nitrogen and oxygen atoms in total. The number of pyridine rings is 1. The van der Waals surface area contributed by atoms with Crippen LogP contribution in [-0.4, -0.2) is 26.6 Å². The van der Waals surface area contributed by atoms with Crippen LogP contribution in [0.4, 0.5) is 0 Å². The fourth-order valence-corrected chi connectivity index (χ4v) is 4.41. The van der Waals surface area contributed by atoms with Gasteiger partial charge in [-0.25, -0.2) is 4.68 Å². The number of carbonyl (C=O) groups is 2. The lowest BCUT2D eigenvalue weighted by molar-refractivity contribution is 0.0965. The molecule has 0 fully saturated rings. The lowest BCUT2D eigenvalue weighted by atomic mass is 10.0. The lowest BCUT2D eigenvalue weighted by Crippen LogP contribution is -2.22. The molecule has 2 aliphatic rings. The number of allylic oxidation sites excluding steroid dienone is 5. The van der Waals surface area contributed by atoms with Gasteiger partial charge in [-0.1, -0.05) is 35.9 Å². The normalized spacial score (nSPS) is 16.7. The summed E-state index contributed by atoms with van der Waals surface area (Å²) in [6.45, 7) is 0. The molecule has 2 aromatic heterocycles. The molecule has 2 heterocycles. The lowest BCUT2D eigenvalue weighted by Gasteiger charge is -2.12. The summed E-state index contributed by atoms with van der Waals surface area (Å²) >= 11 is 6.20. The third-order valence-electron chi connectivity index (χ3n) is 5.73. The van der Waals surface area contributed by atoms with E-state index in [4.69, 9.17) is 17.3 Å². The summed E-state index contributed by atoms with van der Waals surface area (Å²) in [5.74, 6) is -0.738. The molecule has 2 aliphatic carbocycles. The molecule has 0 saturated carbocycles. The van der Waals surface area contributed by atoms with Crippen molar-refractivity contribution in [1.29, 1.82) is 0 Å². The van der Waals surface area contributed by atoms with Crippen LogP contribution in [0.3, 0.4) is 0 Å². The molecule has 2 bridgehead atoms. The van der Waals surface area contributed by atoms with Crippen LogP contribution in [-0.2, 0) is 6.42 Å². The number of halogens is 1. The van der Waals surface area contributed by atoms with Gasteiger partial charge in [-0.2, -0.15) is 5.10 Å². The second-order valence-corrected chi connectivity index (χ2v) is 8.28. The first-order valence-electron chi connectivity index (χ1n) is 10.5. The van der Waals surface area contributed by atoms with Crippen molar-refractivity contribution >= 4 is 29.0 Å². The van der Waals surface area contributed by atoms with Crippen LogP contribution >= 0.6 is 11.6 Å². The zero-order valence-electron chi connectivity index (χ0n) is 17.5. The maximum Gasteiger partial charge on any atom is 0.269 e. The number of aromatic nitrogens is 3. The summed E-state index contributed by atoms with van der Waals surface area (Å²) in [6, 6.07) is 10.5. The number of primary amides is 1. The van der Waals surface area contributed by atoms with Crippen LogP contribution in [0.1, 0.15) is 38.5 Å². The molecule has 0 spiro atoms. The van der Waals surface area contributed by atoms with Crippen molar-refractivity contribution in [2.75, 3.05) is 0 Å². The highest BCUT2D eigenvalue weighted by Gasteiger charge is 2.28. The number of rotatable bonds is 4. The Hall–Kier alpha value is -3.97. The summed E-state index contributed by atoms with van der Waals surface area (Å²) in [7, 11) is 0. The van der Waals surface area contributed by atoms with Gasteiger partial charge in [0.05, 0.1) is 22.0 Å². The molecule has 8 heteroatoms. The van der Waals surface area contributed by atoms with E-state index in [9.17, 15) is 9.59 Å². The van der Waals surface area contributed by atoms with Gasteiger partial charge in [-0.05, 0) is 60.8 Å². The van der Waals surface area contributed by atoms with Gasteiger partial charge in [-0.3, -0.25) is 14.6 Å². The van der Waals surface area contributed by atoms with Gasteiger partial charge in [0.2, 0.25) is 0 Å². The molecular formula is C25H20ClN5O2. The van der Waals surface area contributed by atoms with E-state index in [0.717, 1.165) is 28.9 Å². The molecule has 1 atom stereocenters. The highest BCUT2D eigenvalue weighted by atomic mass is 35.5. The van der Waals surface area contributed by atoms with Crippen molar-refractivity contribution < 1.29 is 9.59 Å². The van der Waals surface area contributed by atoms with E-state index in [1.165, 1.54) is 0 Å². The van der Waals surface area contributed by atoms with Crippen molar-refractivity contribution in [2.45, 2.75) is 12.8 Å². The zero-order chi connectivity index (χ0) is 22.9. The SMILES string of the molecule is NC(=O)c1nn(-c2ccncc2)c2c1CCC1C=CC(NC(=O)c3ccccc3Cl)=CC2=C1. The molecule has 3 aromatic rings. The zero-order valence-corrected chi connectivity index (χ0v) is 18.3. The van der Waals surface area contributed by atoms with E-state index in [2.05, 4.69) is 21.5 Å². The number of benzene rings is 1. The summed E-state index contributed by atoms with van der Waals surface area (Å²) in [6.07, 6.45) is 12.7. The molecule has 164 valence electrons. The number of amides is 2. The largest absolute Gasteiger partial charge is 0.364 e. The minimum absolute atomic E-state index is 0.130. The number of carbonyl (C=O) groups excluding carboxylic acids is 2. The number of nitrogens with zero attached hydrogens (tertiary/aromatic N) is 3. The van der Waals surface area contributed by atoms with E-state index < -0.39 is 5.91 Å². The second kappa shape index (κ2) is 8.52. The van der Waals surface area contributed by atoms with Gasteiger partial charge in [0.1, 0.15) is 0 Å². The van der Waals surface area contributed by atoms with Crippen molar-refractivity contribution in [3.8, 4) is 5.69 Å². The van der Waals surface area contributed by atoms with Gasteiger partial charge in [0, 0.05) is 23.7 Å². The third kappa shape index (κ3) is 3.99. The third-order valence-corrected chi connectivity index (χ3v) is 6.06. The number of hydrogen-bond acceptors (Lipinski definition) is 4. The van der Waals surface area contributed by atoms with E-state index >= 15 is 0 Å². The van der Waals surface area contributed by atoms with E-state index in [1.54, 1.807) is 41.3 Å². The van der Waals surface area contributed by atoms with Crippen LogP contribution in [0, 0.1) is 5.92 Å². The van der Waals surface area contributed by atoms with Gasteiger partial charge in [0.15, 0.2) is 5.69 Å². The molecule has 3 N–H and O–H groups in total. The van der Waals surface area contributed by atoms with Crippen molar-refractivity contribution in [3.63, 3.8) is 0 Å². The minimum Gasteiger partial charge on any atom is -0.364 e. The van der Waals surface area contributed by atoms with Crippen LogP contribution in [0.2, 0.25) is 5.02 Å². The Balaban J connectivity index is 1.60. The Morgan fingerprint density at radius 3 is 2.70 bits per heavy atom. The highest BCUT2D eigenvalue weighted by molar-refractivity contribution is 6.33. The Kier molecular flexibility index (Phi) is 5.40. The smallest absolute Gasteiger partial charge is 0.269 e. The molecule has 1 unspecified atom stereocenters. The van der Waals surface area contributed by atoms with Crippen molar-refractivity contribution in [2.24, 2.45) is 11.7 Å². The van der Waals surface area contributed by atoms with E-state index in [0.29, 0.717) is 22.7 Å². The predicted octanol–water partition coefficient (Wildman–Crippen LogP) is 3.85. The molecule has 33 heavy (non-hydrogen) atoms. The Morgan fingerprint density at radius 2 is 1.94 bits per heavy atom. The van der Waals surface area contributed by atoms with Crippen LogP contribution < -0.4 is 11.1 Å². The van der Waals surface area contributed by atoms with E-state index in [-0.39, 0.29) is 17.5 Å². The standard InChI is InChI=1S/C25H20ClN5O2/c26-21-4-2-1-3-19(21)25(33)29-17-7-5-15-6-8-20-22(24(27)32)30-31(18-9-11-28-12-10-18)23(20)16(13-15)14-17/h1-5,7,9-15H,6,8H2,(H2,27,32)(H,29,33). The maximum absolute atomic E-state index is 12.9. The van der Waals surface area contributed by atoms with E-state index in [1.807, 2.05) is 30.4 Å². The first kappa shape index (κ1) is 20.9. The monoisotopic (exact) mass is 457 g/mol. The number of hydrogen-bond donors (Lipinski definition) is 2. The summed E-state index contributed by atoms with van der Waals surface area (Å²) in [5.41, 5.74) is 10.1. The second-order valence-electron chi connectivity index (χ2n) is 7.87. The molecule has 1 aromatic carbocycles. The minimum atomic E-state index is -0.569. The number of fused-ring (bicyclic) bond motifs is 3. The van der Waals surface area contributed by atoms with Crippen LogP contribution in [0.25, 0.3) is 11.3 Å². The molecular weight excluding hydrogens is 438 g/mol. The molecule has 0 saturated heterocycles. The maximum atomic E-state index is 12.9. The molecule has 2 amide bonds. The Labute approximate surface area is 195 Å². The first-order valence-corrected chi connectivity index (χ1v) is 10.9. The topological polar surface area (TPSA) is 103 Å². The fourth-order valence-electron chi connectivity index (χ4n) is 4.19. The van der Waals surface area contributed by atoms with Crippen LogP contribution in [0.15, 0.2) is 78.8 Å². The number of nitrogens with two attached hydrogens (primary N) is 1. The summed E-state index contributed by atoms with van der Waals surface area (Å²) < 4.78 is 1.72. The van der Waals surface area contributed by atoms with Gasteiger partial charge in [0.25, 0.3) is 11.8 Å².